The maximum Gasteiger partial charge on any atom is 0.267 e. The molecule has 2 aliphatic rings. The van der Waals surface area contributed by atoms with Crippen molar-refractivity contribution >= 4 is 51.7 Å². The van der Waals surface area contributed by atoms with Crippen molar-refractivity contribution in [1.82, 2.24) is 14.3 Å². The summed E-state index contributed by atoms with van der Waals surface area (Å²) in [6.45, 7) is 4.33. The fourth-order valence-corrected chi connectivity index (χ4v) is 6.21. The average molecular weight is 535 g/mol. The van der Waals surface area contributed by atoms with Gasteiger partial charge in [-0.05, 0) is 55.4 Å². The lowest BCUT2D eigenvalue weighted by Gasteiger charge is -2.33. The number of hydrogen-bond acceptors (Lipinski definition) is 7. The Kier molecular flexibility index (Phi) is 7.73. The molecule has 2 saturated heterocycles. The van der Waals surface area contributed by atoms with Gasteiger partial charge in [-0.1, -0.05) is 60.4 Å². The fourth-order valence-electron chi connectivity index (χ4n) is 4.92. The normalized spacial score (nSPS) is 17.9. The topological polar surface area (TPSA) is 67.2 Å². The highest BCUT2D eigenvalue weighted by molar-refractivity contribution is 8.26. The van der Waals surface area contributed by atoms with Gasteiger partial charge in [0.25, 0.3) is 11.5 Å². The molecule has 2 aliphatic heterocycles. The van der Waals surface area contributed by atoms with Crippen molar-refractivity contribution in [3.05, 3.63) is 80.6 Å². The molecular weight excluding hydrogens is 504 g/mol. The van der Waals surface area contributed by atoms with Crippen LogP contribution in [0.2, 0.25) is 0 Å². The molecule has 4 heterocycles. The predicted octanol–water partition coefficient (Wildman–Crippen LogP) is 4.31. The van der Waals surface area contributed by atoms with Crippen molar-refractivity contribution in [2.24, 2.45) is 5.92 Å². The van der Waals surface area contributed by atoms with Crippen LogP contribution in [0.3, 0.4) is 0 Å². The van der Waals surface area contributed by atoms with E-state index >= 15 is 0 Å². The number of carbonyl (C=O) groups is 1. The molecule has 0 saturated carbocycles. The van der Waals surface area contributed by atoms with E-state index in [2.05, 4.69) is 29.2 Å². The summed E-state index contributed by atoms with van der Waals surface area (Å²) in [6, 6.07) is 14.4. The summed E-state index contributed by atoms with van der Waals surface area (Å²) in [5.41, 5.74) is 3.16. The van der Waals surface area contributed by atoms with Crippen molar-refractivity contribution in [2.45, 2.75) is 26.2 Å². The highest BCUT2D eigenvalue weighted by atomic mass is 32.2. The number of rotatable bonds is 7. The van der Waals surface area contributed by atoms with Crippen LogP contribution in [0.15, 0.2) is 58.4 Å². The van der Waals surface area contributed by atoms with Crippen LogP contribution >= 0.6 is 24.0 Å². The van der Waals surface area contributed by atoms with Crippen LogP contribution in [0.25, 0.3) is 11.7 Å². The van der Waals surface area contributed by atoms with E-state index in [0.717, 1.165) is 37.9 Å². The lowest BCUT2D eigenvalue weighted by Crippen LogP contribution is -2.37. The Bertz CT molecular complexity index is 1410. The van der Waals surface area contributed by atoms with Crippen LogP contribution < -0.4 is 10.5 Å². The first-order valence-electron chi connectivity index (χ1n) is 12.5. The van der Waals surface area contributed by atoms with E-state index in [-0.39, 0.29) is 11.5 Å². The van der Waals surface area contributed by atoms with Crippen LogP contribution in [-0.2, 0) is 16.0 Å². The van der Waals surface area contributed by atoms with Crippen LogP contribution in [0.4, 0.5) is 5.82 Å². The number of hydrogen-bond donors (Lipinski definition) is 0. The average Bonchev–Trinajstić information content (AvgIpc) is 3.17. The van der Waals surface area contributed by atoms with Crippen LogP contribution in [0.5, 0.6) is 0 Å². The summed E-state index contributed by atoms with van der Waals surface area (Å²) < 4.78 is 7.17. The van der Waals surface area contributed by atoms with Gasteiger partial charge in [-0.2, -0.15) is 0 Å². The number of aryl methyl sites for hydroxylation is 1. The zero-order valence-electron chi connectivity index (χ0n) is 21.1. The molecule has 0 radical (unpaired) electrons. The number of nitrogens with zero attached hydrogens (tertiary/aromatic N) is 4. The van der Waals surface area contributed by atoms with Crippen molar-refractivity contribution in [3.8, 4) is 0 Å². The zero-order valence-corrected chi connectivity index (χ0v) is 22.7. The molecule has 1 aromatic carbocycles. The fraction of sp³-hybridized carbons (Fsp3) is 0.357. The standard InChI is InChI=1S/C28H30N4O3S2/c1-19-8-9-24-29-25(30-12-10-21(11-13-30)16-20-6-4-3-5-7-20)22(26(33)32(24)18-19)17-23-27(34)31(14-15-35-2)28(36)37-23/h3-9,17-18,21H,10-16H2,1-2H3/b23-17-. The minimum absolute atomic E-state index is 0.183. The van der Waals surface area contributed by atoms with Gasteiger partial charge >= 0.3 is 0 Å². The number of thiocarbonyl (C=S) groups is 1. The molecular formula is C28H30N4O3S2. The Labute approximate surface area is 226 Å². The van der Waals surface area contributed by atoms with E-state index < -0.39 is 0 Å². The number of benzene rings is 1. The van der Waals surface area contributed by atoms with E-state index in [1.807, 2.05) is 25.1 Å². The summed E-state index contributed by atoms with van der Waals surface area (Å²) in [4.78, 5) is 35.9. The Morgan fingerprint density at radius 1 is 1.14 bits per heavy atom. The first-order chi connectivity index (χ1) is 17.9. The minimum atomic E-state index is -0.201. The second-order valence-corrected chi connectivity index (χ2v) is 11.2. The number of aromatic nitrogens is 2. The number of pyridine rings is 1. The number of ether oxygens (including phenoxy) is 1. The number of amides is 1. The van der Waals surface area contributed by atoms with Crippen molar-refractivity contribution in [2.75, 3.05) is 38.3 Å². The van der Waals surface area contributed by atoms with Gasteiger partial charge in [0.1, 0.15) is 15.8 Å². The maximum absolute atomic E-state index is 13.7. The van der Waals surface area contributed by atoms with Crippen molar-refractivity contribution in [1.29, 1.82) is 0 Å². The van der Waals surface area contributed by atoms with Crippen molar-refractivity contribution < 1.29 is 9.53 Å². The largest absolute Gasteiger partial charge is 0.383 e. The highest BCUT2D eigenvalue weighted by Gasteiger charge is 2.33. The summed E-state index contributed by atoms with van der Waals surface area (Å²) in [6.07, 6.45) is 6.56. The second-order valence-electron chi connectivity index (χ2n) is 9.54. The van der Waals surface area contributed by atoms with Gasteiger partial charge in [0, 0.05) is 26.4 Å². The third-order valence-corrected chi connectivity index (χ3v) is 8.31. The van der Waals surface area contributed by atoms with E-state index in [1.165, 1.54) is 22.2 Å². The molecule has 0 unspecified atom stereocenters. The predicted molar refractivity (Wildman–Crippen MR) is 153 cm³/mol. The Morgan fingerprint density at radius 3 is 2.62 bits per heavy atom. The molecule has 0 atom stereocenters. The number of anilines is 1. The zero-order chi connectivity index (χ0) is 25.9. The summed E-state index contributed by atoms with van der Waals surface area (Å²) in [7, 11) is 1.59. The lowest BCUT2D eigenvalue weighted by molar-refractivity contribution is -0.122. The maximum atomic E-state index is 13.7. The minimum Gasteiger partial charge on any atom is -0.383 e. The number of fused-ring (bicyclic) bond motifs is 1. The molecule has 2 aromatic heterocycles. The monoisotopic (exact) mass is 534 g/mol. The van der Waals surface area contributed by atoms with Gasteiger partial charge in [-0.3, -0.25) is 18.9 Å². The molecule has 3 aromatic rings. The van der Waals surface area contributed by atoms with Crippen LogP contribution in [-0.4, -0.2) is 57.9 Å². The summed E-state index contributed by atoms with van der Waals surface area (Å²) in [5.74, 6) is 1.02. The number of thioether (sulfide) groups is 1. The van der Waals surface area contributed by atoms with Gasteiger partial charge in [0.2, 0.25) is 0 Å². The SMILES string of the molecule is COCCN1C(=O)/C(=C/c2c(N3CCC(Cc4ccccc4)CC3)nc3ccc(C)cn3c2=O)SC1=S. The molecule has 9 heteroatoms. The van der Waals surface area contributed by atoms with Gasteiger partial charge in [-0.25, -0.2) is 4.98 Å². The van der Waals surface area contributed by atoms with Gasteiger partial charge in [-0.15, -0.1) is 0 Å². The molecule has 0 N–H and O–H groups in total. The molecule has 0 spiro atoms. The van der Waals surface area contributed by atoms with Crippen LogP contribution in [0, 0.1) is 12.8 Å². The quantitative estimate of drug-likeness (QED) is 0.331. The van der Waals surface area contributed by atoms with E-state index in [0.29, 0.717) is 45.3 Å². The molecule has 7 nitrogen and oxygen atoms in total. The lowest BCUT2D eigenvalue weighted by atomic mass is 9.90. The molecule has 192 valence electrons. The molecule has 1 amide bonds. The van der Waals surface area contributed by atoms with Crippen LogP contribution in [0.1, 0.15) is 29.5 Å². The van der Waals surface area contributed by atoms with E-state index in [4.69, 9.17) is 21.9 Å². The van der Waals surface area contributed by atoms with Gasteiger partial charge in [0.15, 0.2) is 0 Å². The summed E-state index contributed by atoms with van der Waals surface area (Å²) >= 11 is 6.66. The first kappa shape index (κ1) is 25.6. The van der Waals surface area contributed by atoms with E-state index in [1.54, 1.807) is 23.8 Å². The molecule has 37 heavy (non-hydrogen) atoms. The summed E-state index contributed by atoms with van der Waals surface area (Å²) in [5, 5.41) is 0. The number of piperidine rings is 1. The smallest absolute Gasteiger partial charge is 0.267 e. The Hall–Kier alpha value is -3.01. The third-order valence-electron chi connectivity index (χ3n) is 6.93. The first-order valence-corrected chi connectivity index (χ1v) is 13.7. The third kappa shape index (κ3) is 5.49. The second kappa shape index (κ2) is 11.2. The van der Waals surface area contributed by atoms with Crippen molar-refractivity contribution in [3.63, 3.8) is 0 Å². The van der Waals surface area contributed by atoms with Gasteiger partial charge < -0.3 is 9.64 Å². The van der Waals surface area contributed by atoms with E-state index in [9.17, 15) is 9.59 Å². The van der Waals surface area contributed by atoms with Gasteiger partial charge in [0.05, 0.1) is 23.6 Å². The number of carbonyl (C=O) groups excluding carboxylic acids is 1. The Morgan fingerprint density at radius 2 is 1.89 bits per heavy atom. The molecule has 5 rings (SSSR count). The Balaban J connectivity index is 1.47. The molecule has 0 aliphatic carbocycles. The number of methoxy groups -OCH3 is 1. The highest BCUT2D eigenvalue weighted by Crippen LogP contribution is 2.34. The molecule has 2 fully saturated rings. The molecule has 0 bridgehead atoms.